The van der Waals surface area contributed by atoms with Gasteiger partial charge in [0.2, 0.25) is 0 Å². The Kier molecular flexibility index (Phi) is 4.96. The molecule has 1 aliphatic rings. The second kappa shape index (κ2) is 7.52. The maximum Gasteiger partial charge on any atom is 0.0729 e. The van der Waals surface area contributed by atoms with Crippen LogP contribution in [0, 0.1) is 0 Å². The zero-order valence-corrected chi connectivity index (χ0v) is 15.6. The van der Waals surface area contributed by atoms with Gasteiger partial charge in [0.1, 0.15) is 0 Å². The summed E-state index contributed by atoms with van der Waals surface area (Å²) >= 11 is 12.3. The van der Waals surface area contributed by atoms with Crippen LogP contribution < -0.4 is 0 Å². The van der Waals surface area contributed by atoms with Crippen molar-refractivity contribution in [1.29, 1.82) is 0 Å². The number of hydrogen-bond donors (Lipinski definition) is 1. The van der Waals surface area contributed by atoms with Crippen molar-refractivity contribution >= 4 is 29.4 Å². The van der Waals surface area contributed by atoms with E-state index in [9.17, 15) is 0 Å². The molecule has 26 heavy (non-hydrogen) atoms. The number of hydrogen-bond acceptors (Lipinski definition) is 3. The van der Waals surface area contributed by atoms with Gasteiger partial charge in [-0.2, -0.15) is 10.2 Å². The SMILES string of the molecule is Clc1cc(Cl)cc(-c2[nH]ncc2-c2ccccc2C=NN2CCCC2)c1. The van der Waals surface area contributed by atoms with Crippen LogP contribution >= 0.6 is 23.2 Å². The lowest BCUT2D eigenvalue weighted by molar-refractivity contribution is 0.362. The lowest BCUT2D eigenvalue weighted by Crippen LogP contribution is -2.11. The largest absolute Gasteiger partial charge is 0.297 e. The van der Waals surface area contributed by atoms with E-state index in [1.165, 1.54) is 12.8 Å². The molecule has 2 heterocycles. The van der Waals surface area contributed by atoms with E-state index in [2.05, 4.69) is 32.4 Å². The molecule has 1 saturated heterocycles. The van der Waals surface area contributed by atoms with E-state index in [1.54, 1.807) is 6.07 Å². The Hall–Kier alpha value is -2.30. The highest BCUT2D eigenvalue weighted by molar-refractivity contribution is 6.35. The molecule has 0 amide bonds. The second-order valence-electron chi connectivity index (χ2n) is 6.31. The summed E-state index contributed by atoms with van der Waals surface area (Å²) in [7, 11) is 0. The molecule has 1 aliphatic heterocycles. The molecule has 132 valence electrons. The van der Waals surface area contributed by atoms with Gasteiger partial charge in [0.25, 0.3) is 0 Å². The molecule has 3 aromatic rings. The topological polar surface area (TPSA) is 44.3 Å². The van der Waals surface area contributed by atoms with Crippen LogP contribution in [0.2, 0.25) is 10.0 Å². The summed E-state index contributed by atoms with van der Waals surface area (Å²) in [4.78, 5) is 0. The van der Waals surface area contributed by atoms with Crippen LogP contribution in [0.3, 0.4) is 0 Å². The molecular formula is C20H18Cl2N4. The van der Waals surface area contributed by atoms with E-state index >= 15 is 0 Å². The summed E-state index contributed by atoms with van der Waals surface area (Å²) in [6.07, 6.45) is 6.18. The quantitative estimate of drug-likeness (QED) is 0.605. The second-order valence-corrected chi connectivity index (χ2v) is 7.18. The molecule has 1 fully saturated rings. The van der Waals surface area contributed by atoms with Gasteiger partial charge in [-0.15, -0.1) is 0 Å². The van der Waals surface area contributed by atoms with Gasteiger partial charge in [0.15, 0.2) is 0 Å². The van der Waals surface area contributed by atoms with Crippen LogP contribution in [0.5, 0.6) is 0 Å². The van der Waals surface area contributed by atoms with E-state index < -0.39 is 0 Å². The van der Waals surface area contributed by atoms with Crippen molar-refractivity contribution in [2.24, 2.45) is 5.10 Å². The van der Waals surface area contributed by atoms with E-state index in [0.717, 1.165) is 41.0 Å². The normalized spacial score (nSPS) is 14.5. The van der Waals surface area contributed by atoms with Gasteiger partial charge >= 0.3 is 0 Å². The fourth-order valence-corrected chi connectivity index (χ4v) is 3.75. The van der Waals surface area contributed by atoms with Gasteiger partial charge in [0, 0.05) is 39.8 Å². The molecule has 2 aromatic carbocycles. The van der Waals surface area contributed by atoms with Gasteiger partial charge in [-0.3, -0.25) is 10.1 Å². The van der Waals surface area contributed by atoms with Crippen molar-refractivity contribution in [1.82, 2.24) is 15.2 Å². The summed E-state index contributed by atoms with van der Waals surface area (Å²) in [6.45, 7) is 2.05. The van der Waals surface area contributed by atoms with Gasteiger partial charge < -0.3 is 0 Å². The number of hydrazone groups is 1. The molecule has 4 nitrogen and oxygen atoms in total. The van der Waals surface area contributed by atoms with Crippen LogP contribution in [-0.2, 0) is 0 Å². The molecule has 0 saturated carbocycles. The van der Waals surface area contributed by atoms with Crippen molar-refractivity contribution < 1.29 is 0 Å². The first-order valence-electron chi connectivity index (χ1n) is 8.59. The van der Waals surface area contributed by atoms with Crippen molar-refractivity contribution in [3.8, 4) is 22.4 Å². The Morgan fingerprint density at radius 3 is 2.50 bits per heavy atom. The number of nitrogens with zero attached hydrogens (tertiary/aromatic N) is 3. The van der Waals surface area contributed by atoms with Crippen LogP contribution in [-0.4, -0.2) is 34.5 Å². The highest BCUT2D eigenvalue weighted by atomic mass is 35.5. The van der Waals surface area contributed by atoms with Gasteiger partial charge in [0.05, 0.1) is 18.1 Å². The molecule has 1 N–H and O–H groups in total. The number of nitrogens with one attached hydrogen (secondary N) is 1. The summed E-state index contributed by atoms with van der Waals surface area (Å²) in [5, 5.41) is 15.3. The predicted molar refractivity (Wildman–Crippen MR) is 108 cm³/mol. The minimum atomic E-state index is 0.594. The molecule has 0 bridgehead atoms. The molecule has 0 aliphatic carbocycles. The molecule has 6 heteroatoms. The molecule has 0 spiro atoms. The zero-order chi connectivity index (χ0) is 17.9. The molecule has 0 radical (unpaired) electrons. The zero-order valence-electron chi connectivity index (χ0n) is 14.1. The maximum absolute atomic E-state index is 6.17. The van der Waals surface area contributed by atoms with Crippen molar-refractivity contribution in [2.45, 2.75) is 12.8 Å². The molecule has 1 aromatic heterocycles. The highest BCUT2D eigenvalue weighted by Crippen LogP contribution is 2.34. The number of aromatic amines is 1. The third-order valence-corrected chi connectivity index (χ3v) is 4.92. The monoisotopic (exact) mass is 384 g/mol. The van der Waals surface area contributed by atoms with E-state index in [-0.39, 0.29) is 0 Å². The molecular weight excluding hydrogens is 367 g/mol. The number of halogens is 2. The fourth-order valence-electron chi connectivity index (χ4n) is 3.22. The lowest BCUT2D eigenvalue weighted by Gasteiger charge is -2.11. The van der Waals surface area contributed by atoms with E-state index in [1.807, 2.05) is 36.7 Å². The van der Waals surface area contributed by atoms with Crippen LogP contribution in [0.4, 0.5) is 0 Å². The Morgan fingerprint density at radius 2 is 1.73 bits per heavy atom. The standard InChI is InChI=1S/C20H18Cl2N4/c21-16-9-15(10-17(22)11-16)20-19(13-23-25-20)18-6-2-1-5-14(18)12-24-26-7-3-4-8-26/h1-2,5-6,9-13H,3-4,7-8H2,(H,23,25). The van der Waals surface area contributed by atoms with Crippen LogP contribution in [0.25, 0.3) is 22.4 Å². The third-order valence-electron chi connectivity index (χ3n) is 4.48. The number of benzene rings is 2. The Balaban J connectivity index is 1.74. The van der Waals surface area contributed by atoms with Crippen molar-refractivity contribution in [3.05, 3.63) is 64.3 Å². The average molecular weight is 385 g/mol. The molecule has 0 atom stereocenters. The molecule has 4 rings (SSSR count). The first kappa shape index (κ1) is 17.1. The van der Waals surface area contributed by atoms with Crippen LogP contribution in [0.15, 0.2) is 53.8 Å². The maximum atomic E-state index is 6.17. The van der Waals surface area contributed by atoms with E-state index in [0.29, 0.717) is 10.0 Å². The Labute approximate surface area is 162 Å². The van der Waals surface area contributed by atoms with Gasteiger partial charge in [-0.25, -0.2) is 0 Å². The summed E-state index contributed by atoms with van der Waals surface area (Å²) in [6, 6.07) is 13.7. The van der Waals surface area contributed by atoms with Crippen molar-refractivity contribution in [2.75, 3.05) is 13.1 Å². The van der Waals surface area contributed by atoms with E-state index in [4.69, 9.17) is 23.2 Å². The predicted octanol–water partition coefficient (Wildman–Crippen LogP) is 5.48. The summed E-state index contributed by atoms with van der Waals surface area (Å²) < 4.78 is 0. The number of aromatic nitrogens is 2. The summed E-state index contributed by atoms with van der Waals surface area (Å²) in [5.74, 6) is 0. The van der Waals surface area contributed by atoms with Gasteiger partial charge in [-0.05, 0) is 36.6 Å². The first-order chi connectivity index (χ1) is 12.7. The Morgan fingerprint density at radius 1 is 1.00 bits per heavy atom. The van der Waals surface area contributed by atoms with Crippen molar-refractivity contribution in [3.63, 3.8) is 0 Å². The third kappa shape index (κ3) is 3.62. The smallest absolute Gasteiger partial charge is 0.0729 e. The minimum absolute atomic E-state index is 0.594. The number of H-pyrrole nitrogens is 1. The Bertz CT molecular complexity index is 922. The van der Waals surface area contributed by atoms with Gasteiger partial charge in [-0.1, -0.05) is 47.5 Å². The lowest BCUT2D eigenvalue weighted by atomic mass is 9.98. The average Bonchev–Trinajstić information content (AvgIpc) is 3.31. The molecule has 0 unspecified atom stereocenters. The minimum Gasteiger partial charge on any atom is -0.297 e. The summed E-state index contributed by atoms with van der Waals surface area (Å²) in [5.41, 5.74) is 4.90. The fraction of sp³-hybridized carbons (Fsp3) is 0.200. The first-order valence-corrected chi connectivity index (χ1v) is 9.34. The van der Waals surface area contributed by atoms with Crippen LogP contribution in [0.1, 0.15) is 18.4 Å². The highest BCUT2D eigenvalue weighted by Gasteiger charge is 2.14. The number of rotatable bonds is 4.